The summed E-state index contributed by atoms with van der Waals surface area (Å²) in [6.07, 6.45) is 6.75. The SMILES string of the molecule is COc1ccc(N)c(CCNC2CCN(c3cc(C(=O)c4cn(CCCN5CCC(F)(F)C5)c5ccccc45)ncn3)CC2)c1. The number of rotatable bonds is 12. The van der Waals surface area contributed by atoms with Crippen molar-refractivity contribution in [2.75, 3.05) is 57.0 Å². The normalized spacial score (nSPS) is 17.3. The number of nitrogen functional groups attached to an aromatic ring is 1. The fourth-order valence-corrected chi connectivity index (χ4v) is 6.51. The van der Waals surface area contributed by atoms with Crippen molar-refractivity contribution in [3.05, 3.63) is 77.9 Å². The molecule has 0 aliphatic carbocycles. The number of piperidine rings is 1. The van der Waals surface area contributed by atoms with Crippen LogP contribution >= 0.6 is 0 Å². The topological polar surface area (TPSA) is 102 Å². The van der Waals surface area contributed by atoms with E-state index in [1.807, 2.05) is 53.6 Å². The molecule has 45 heavy (non-hydrogen) atoms. The lowest BCUT2D eigenvalue weighted by Crippen LogP contribution is -2.43. The van der Waals surface area contributed by atoms with Crippen molar-refractivity contribution in [1.29, 1.82) is 0 Å². The number of nitrogens with one attached hydrogen (secondary N) is 1. The molecule has 0 spiro atoms. The molecule has 2 fully saturated rings. The molecule has 238 valence electrons. The van der Waals surface area contributed by atoms with Gasteiger partial charge in [0, 0.05) is 79.6 Å². The van der Waals surface area contributed by atoms with Crippen LogP contribution < -0.4 is 20.7 Å². The number of benzene rings is 2. The van der Waals surface area contributed by atoms with Gasteiger partial charge >= 0.3 is 0 Å². The highest BCUT2D eigenvalue weighted by Crippen LogP contribution is 2.28. The van der Waals surface area contributed by atoms with E-state index in [4.69, 9.17) is 10.5 Å². The number of halogens is 2. The van der Waals surface area contributed by atoms with Crippen molar-refractivity contribution in [1.82, 2.24) is 24.8 Å². The van der Waals surface area contributed by atoms with Crippen LogP contribution in [0.2, 0.25) is 0 Å². The van der Waals surface area contributed by atoms with E-state index in [0.29, 0.717) is 36.9 Å². The van der Waals surface area contributed by atoms with Crippen LogP contribution in [0.4, 0.5) is 20.3 Å². The average molecular weight is 618 g/mol. The van der Waals surface area contributed by atoms with Crippen LogP contribution in [-0.4, -0.2) is 83.6 Å². The van der Waals surface area contributed by atoms with Crippen LogP contribution in [0.25, 0.3) is 10.9 Å². The van der Waals surface area contributed by atoms with E-state index in [1.54, 1.807) is 13.2 Å². The Labute approximate surface area is 262 Å². The summed E-state index contributed by atoms with van der Waals surface area (Å²) in [7, 11) is 1.66. The van der Waals surface area contributed by atoms with Crippen LogP contribution in [0.5, 0.6) is 5.75 Å². The Hall–Kier alpha value is -4.09. The number of ketones is 1. The summed E-state index contributed by atoms with van der Waals surface area (Å²) in [4.78, 5) is 26.7. The fourth-order valence-electron chi connectivity index (χ4n) is 6.51. The first kappa shape index (κ1) is 30.9. The molecule has 4 aromatic rings. The Kier molecular flexibility index (Phi) is 9.27. The van der Waals surface area contributed by atoms with E-state index in [9.17, 15) is 13.6 Å². The standard InChI is InChI=1S/C34H41F2N7O2/c1-45-26-7-8-29(37)24(19-26)9-13-38-25-10-16-42(17-11-25)32-20-30(39-23-40-32)33(44)28-21-43(31-6-3-2-5-27(28)31)15-4-14-41-18-12-34(35,36)22-41/h2-3,5-8,19-21,23,25,38H,4,9-18,22,37H2,1H3. The lowest BCUT2D eigenvalue weighted by molar-refractivity contribution is 0.0121. The van der Waals surface area contributed by atoms with Gasteiger partial charge in [0.05, 0.1) is 13.7 Å². The first-order valence-electron chi connectivity index (χ1n) is 15.8. The molecule has 0 bridgehead atoms. The zero-order valence-electron chi connectivity index (χ0n) is 25.7. The van der Waals surface area contributed by atoms with Gasteiger partial charge in [-0.05, 0) is 62.1 Å². The number of aryl methyl sites for hydroxylation is 1. The molecular formula is C34H41F2N7O2. The molecule has 2 aromatic carbocycles. The molecule has 9 nitrogen and oxygen atoms in total. The molecule has 4 heterocycles. The largest absolute Gasteiger partial charge is 0.497 e. The van der Waals surface area contributed by atoms with Crippen molar-refractivity contribution >= 4 is 28.2 Å². The Morgan fingerprint density at radius 3 is 2.69 bits per heavy atom. The van der Waals surface area contributed by atoms with Crippen molar-refractivity contribution in [3.63, 3.8) is 0 Å². The highest BCUT2D eigenvalue weighted by Gasteiger charge is 2.37. The summed E-state index contributed by atoms with van der Waals surface area (Å²) >= 11 is 0. The van der Waals surface area contributed by atoms with E-state index in [1.165, 1.54) is 6.33 Å². The molecule has 0 radical (unpaired) electrons. The number of hydrogen-bond donors (Lipinski definition) is 2. The third kappa shape index (κ3) is 7.26. The van der Waals surface area contributed by atoms with Crippen molar-refractivity contribution in [3.8, 4) is 5.75 Å². The zero-order chi connectivity index (χ0) is 31.4. The highest BCUT2D eigenvalue weighted by molar-refractivity contribution is 6.15. The second-order valence-corrected chi connectivity index (χ2v) is 12.1. The molecule has 0 atom stereocenters. The van der Waals surface area contributed by atoms with Crippen LogP contribution in [-0.2, 0) is 13.0 Å². The molecule has 2 saturated heterocycles. The number of anilines is 2. The first-order valence-corrected chi connectivity index (χ1v) is 15.8. The van der Waals surface area contributed by atoms with Gasteiger partial charge in [-0.3, -0.25) is 9.69 Å². The average Bonchev–Trinajstić information content (AvgIpc) is 3.61. The molecule has 0 unspecified atom stereocenters. The molecule has 11 heteroatoms. The zero-order valence-corrected chi connectivity index (χ0v) is 25.7. The summed E-state index contributed by atoms with van der Waals surface area (Å²) in [5.41, 5.74) is 9.89. The molecule has 0 saturated carbocycles. The minimum Gasteiger partial charge on any atom is -0.497 e. The number of ether oxygens (including phenoxy) is 1. The van der Waals surface area contributed by atoms with Gasteiger partial charge in [-0.1, -0.05) is 18.2 Å². The summed E-state index contributed by atoms with van der Waals surface area (Å²) < 4.78 is 34.6. The van der Waals surface area contributed by atoms with Gasteiger partial charge in [0.2, 0.25) is 5.78 Å². The lowest BCUT2D eigenvalue weighted by Gasteiger charge is -2.33. The summed E-state index contributed by atoms with van der Waals surface area (Å²) in [6, 6.07) is 15.7. The Balaban J connectivity index is 1.06. The summed E-state index contributed by atoms with van der Waals surface area (Å²) in [5, 5.41) is 4.52. The Morgan fingerprint density at radius 2 is 1.91 bits per heavy atom. The van der Waals surface area contributed by atoms with Gasteiger partial charge in [0.25, 0.3) is 5.92 Å². The maximum atomic E-state index is 13.8. The number of carbonyl (C=O) groups is 1. The van der Waals surface area contributed by atoms with E-state index < -0.39 is 5.92 Å². The third-order valence-electron chi connectivity index (χ3n) is 9.04. The molecule has 0 amide bonds. The molecule has 6 rings (SSSR count). The minimum atomic E-state index is -2.59. The van der Waals surface area contributed by atoms with E-state index in [2.05, 4.69) is 24.8 Å². The van der Waals surface area contributed by atoms with Crippen LogP contribution in [0, 0.1) is 0 Å². The maximum absolute atomic E-state index is 13.8. The molecule has 2 aliphatic rings. The number of methoxy groups -OCH3 is 1. The summed E-state index contributed by atoms with van der Waals surface area (Å²) in [5.74, 6) is -1.18. The minimum absolute atomic E-state index is 0.0745. The number of carbonyl (C=O) groups excluding carboxylic acids is 1. The van der Waals surface area contributed by atoms with Crippen molar-refractivity contribution < 1.29 is 18.3 Å². The van der Waals surface area contributed by atoms with Gasteiger partial charge in [0.15, 0.2) is 0 Å². The quantitative estimate of drug-likeness (QED) is 0.173. The Bertz CT molecular complexity index is 1630. The lowest BCUT2D eigenvalue weighted by atomic mass is 10.0. The van der Waals surface area contributed by atoms with E-state index in [0.717, 1.165) is 79.0 Å². The number of para-hydroxylation sites is 1. The molecule has 2 aliphatic heterocycles. The molecular weight excluding hydrogens is 576 g/mol. The maximum Gasteiger partial charge on any atom is 0.261 e. The van der Waals surface area contributed by atoms with Gasteiger partial charge < -0.3 is 25.3 Å². The van der Waals surface area contributed by atoms with Gasteiger partial charge in [-0.2, -0.15) is 0 Å². The van der Waals surface area contributed by atoms with Gasteiger partial charge in [0.1, 0.15) is 23.6 Å². The van der Waals surface area contributed by atoms with Crippen LogP contribution in [0.1, 0.15) is 47.3 Å². The summed E-state index contributed by atoms with van der Waals surface area (Å²) in [6.45, 7) is 3.97. The second-order valence-electron chi connectivity index (χ2n) is 12.1. The number of fused-ring (bicyclic) bond motifs is 1. The van der Waals surface area contributed by atoms with Crippen molar-refractivity contribution in [2.24, 2.45) is 0 Å². The molecule has 2 aromatic heterocycles. The number of alkyl halides is 2. The monoisotopic (exact) mass is 617 g/mol. The van der Waals surface area contributed by atoms with Crippen LogP contribution in [0.15, 0.2) is 61.1 Å². The number of nitrogens with two attached hydrogens (primary N) is 1. The number of aromatic nitrogens is 3. The van der Waals surface area contributed by atoms with Gasteiger partial charge in [-0.15, -0.1) is 0 Å². The number of hydrogen-bond acceptors (Lipinski definition) is 8. The smallest absolute Gasteiger partial charge is 0.261 e. The van der Waals surface area contributed by atoms with E-state index in [-0.39, 0.29) is 18.7 Å². The predicted molar refractivity (Wildman–Crippen MR) is 172 cm³/mol. The fraction of sp³-hybridized carbons (Fsp3) is 0.441. The van der Waals surface area contributed by atoms with Gasteiger partial charge in [-0.25, -0.2) is 18.7 Å². The Morgan fingerprint density at radius 1 is 1.09 bits per heavy atom. The third-order valence-corrected chi connectivity index (χ3v) is 9.04. The van der Waals surface area contributed by atoms with E-state index >= 15 is 0 Å². The number of nitrogens with zero attached hydrogens (tertiary/aromatic N) is 5. The first-order chi connectivity index (χ1) is 21.8. The molecule has 3 N–H and O–H groups in total. The van der Waals surface area contributed by atoms with Crippen LogP contribution in [0.3, 0.4) is 0 Å². The number of likely N-dealkylation sites (tertiary alicyclic amines) is 1. The second kappa shape index (κ2) is 13.5. The highest BCUT2D eigenvalue weighted by atomic mass is 19.3. The van der Waals surface area contributed by atoms with Crippen molar-refractivity contribution in [2.45, 2.75) is 50.6 Å². The predicted octanol–water partition coefficient (Wildman–Crippen LogP) is 4.79.